The lowest BCUT2D eigenvalue weighted by atomic mass is 10.1. The molecule has 12 heteroatoms. The Bertz CT molecular complexity index is 1610. The first kappa shape index (κ1) is 22.6. The molecule has 1 N–H and O–H groups in total. The Morgan fingerprint density at radius 3 is 2.49 bits per heavy atom. The quantitative estimate of drug-likeness (QED) is 0.288. The highest BCUT2D eigenvalue weighted by molar-refractivity contribution is 6.45. The number of aromatic amines is 1. The van der Waals surface area contributed by atoms with E-state index in [2.05, 4.69) is 30.6 Å². The lowest BCUT2D eigenvalue weighted by Gasteiger charge is -2.34. The molecule has 0 saturated carbocycles. The number of anilines is 1. The predicted octanol–water partition coefficient (Wildman–Crippen LogP) is 1.87. The van der Waals surface area contributed by atoms with Gasteiger partial charge in [-0.1, -0.05) is 23.3 Å². The zero-order valence-electron chi connectivity index (χ0n) is 20.4. The zero-order valence-corrected chi connectivity index (χ0v) is 20.4. The number of piperazine rings is 1. The second-order valence-corrected chi connectivity index (χ2v) is 8.94. The van der Waals surface area contributed by atoms with Crippen molar-refractivity contribution >= 4 is 28.5 Å². The van der Waals surface area contributed by atoms with E-state index in [1.165, 1.54) is 0 Å². The number of pyridine rings is 1. The lowest BCUT2D eigenvalue weighted by Crippen LogP contribution is -2.51. The average Bonchev–Trinajstić information content (AvgIpc) is 3.69. The Morgan fingerprint density at radius 2 is 1.76 bits per heavy atom. The highest BCUT2D eigenvalue weighted by atomic mass is 16.2. The van der Waals surface area contributed by atoms with Crippen molar-refractivity contribution in [3.05, 3.63) is 71.8 Å². The molecule has 37 heavy (non-hydrogen) atoms. The van der Waals surface area contributed by atoms with Gasteiger partial charge < -0.3 is 14.8 Å². The van der Waals surface area contributed by atoms with Crippen LogP contribution in [0.5, 0.6) is 0 Å². The van der Waals surface area contributed by atoms with Gasteiger partial charge in [-0.25, -0.2) is 9.67 Å². The van der Waals surface area contributed by atoms with Gasteiger partial charge in [-0.3, -0.25) is 9.59 Å². The first-order valence-electron chi connectivity index (χ1n) is 11.9. The van der Waals surface area contributed by atoms with E-state index in [0.717, 1.165) is 16.9 Å². The van der Waals surface area contributed by atoms with Gasteiger partial charge in [0.2, 0.25) is 5.95 Å². The van der Waals surface area contributed by atoms with Gasteiger partial charge in [-0.05, 0) is 48.0 Å². The van der Waals surface area contributed by atoms with Gasteiger partial charge in [0.25, 0.3) is 11.7 Å². The first-order valence-corrected chi connectivity index (χ1v) is 11.9. The standard InChI is InChI=1S/C25H24N10O2/c1-16-14-27-23(34-17(2)8-9-28-34)21-20(16)19(15-26-21)22(36)24(37)32-10-12-33(13-11-32)25-29-30-31-35(25)18-6-4-3-5-7-18/h3-9,14-15,26H,10-13H2,1-2H3. The Morgan fingerprint density at radius 1 is 0.973 bits per heavy atom. The van der Waals surface area contributed by atoms with Crippen LogP contribution < -0.4 is 4.90 Å². The van der Waals surface area contributed by atoms with E-state index >= 15 is 0 Å². The van der Waals surface area contributed by atoms with Crippen molar-refractivity contribution in [2.45, 2.75) is 13.8 Å². The molecule has 12 nitrogen and oxygen atoms in total. The van der Waals surface area contributed by atoms with Crippen molar-refractivity contribution in [1.29, 1.82) is 0 Å². The van der Waals surface area contributed by atoms with E-state index in [0.29, 0.717) is 54.4 Å². The van der Waals surface area contributed by atoms with E-state index < -0.39 is 11.7 Å². The number of aryl methyl sites for hydroxylation is 2. The topological polar surface area (TPSA) is 131 Å². The number of carbonyl (C=O) groups excluding carboxylic acids is 2. The highest BCUT2D eigenvalue weighted by Gasteiger charge is 2.31. The summed E-state index contributed by atoms with van der Waals surface area (Å²) in [4.78, 5) is 37.9. The average molecular weight is 497 g/mol. The van der Waals surface area contributed by atoms with Gasteiger partial charge in [0.1, 0.15) is 0 Å². The number of benzene rings is 1. The number of nitrogens with one attached hydrogen (secondary N) is 1. The van der Waals surface area contributed by atoms with Gasteiger partial charge in [-0.2, -0.15) is 9.78 Å². The third-order valence-corrected chi connectivity index (χ3v) is 6.65. The summed E-state index contributed by atoms with van der Waals surface area (Å²) in [6, 6.07) is 11.5. The van der Waals surface area contributed by atoms with Gasteiger partial charge in [0.15, 0.2) is 5.82 Å². The van der Waals surface area contributed by atoms with Crippen LogP contribution in [0.3, 0.4) is 0 Å². The largest absolute Gasteiger partial charge is 0.357 e. The minimum absolute atomic E-state index is 0.335. The van der Waals surface area contributed by atoms with Crippen LogP contribution in [0.15, 0.2) is 55.0 Å². The second-order valence-electron chi connectivity index (χ2n) is 8.94. The molecule has 5 aromatic rings. The first-order chi connectivity index (χ1) is 18.0. The van der Waals surface area contributed by atoms with Gasteiger partial charge in [0.05, 0.1) is 16.8 Å². The molecule has 0 unspecified atom stereocenters. The maximum atomic E-state index is 13.4. The predicted molar refractivity (Wildman–Crippen MR) is 135 cm³/mol. The van der Waals surface area contributed by atoms with Crippen LogP contribution in [0.25, 0.3) is 22.4 Å². The summed E-state index contributed by atoms with van der Waals surface area (Å²) in [5, 5.41) is 17.1. The van der Waals surface area contributed by atoms with Gasteiger partial charge in [-0.15, -0.1) is 0 Å². The summed E-state index contributed by atoms with van der Waals surface area (Å²) in [5.41, 5.74) is 3.57. The molecule has 0 bridgehead atoms. The Hall–Kier alpha value is -4.87. The lowest BCUT2D eigenvalue weighted by molar-refractivity contribution is -0.126. The summed E-state index contributed by atoms with van der Waals surface area (Å²) >= 11 is 0. The summed E-state index contributed by atoms with van der Waals surface area (Å²) in [6.07, 6.45) is 4.98. The van der Waals surface area contributed by atoms with Crippen LogP contribution in [-0.2, 0) is 4.79 Å². The van der Waals surface area contributed by atoms with Crippen molar-refractivity contribution in [3.8, 4) is 11.5 Å². The minimum atomic E-state index is -0.550. The minimum Gasteiger partial charge on any atom is -0.357 e. The van der Waals surface area contributed by atoms with E-state index in [4.69, 9.17) is 0 Å². The molecule has 0 radical (unpaired) electrons. The number of nitrogens with zero attached hydrogens (tertiary/aromatic N) is 9. The van der Waals surface area contributed by atoms with E-state index in [9.17, 15) is 9.59 Å². The van der Waals surface area contributed by atoms with Crippen molar-refractivity contribution in [1.82, 2.24) is 44.9 Å². The van der Waals surface area contributed by atoms with E-state index in [-0.39, 0.29) is 0 Å². The van der Waals surface area contributed by atoms with Crippen molar-refractivity contribution in [2.24, 2.45) is 0 Å². The molecule has 6 rings (SSSR count). The van der Waals surface area contributed by atoms with Gasteiger partial charge in [0, 0.05) is 55.8 Å². The molecule has 0 atom stereocenters. The number of para-hydroxylation sites is 1. The fraction of sp³-hybridized carbons (Fsp3) is 0.240. The Balaban J connectivity index is 1.21. The van der Waals surface area contributed by atoms with Crippen LogP contribution in [0.2, 0.25) is 0 Å². The van der Waals surface area contributed by atoms with Crippen LogP contribution in [-0.4, -0.2) is 82.7 Å². The number of aromatic nitrogens is 8. The van der Waals surface area contributed by atoms with E-state index in [1.54, 1.807) is 32.9 Å². The van der Waals surface area contributed by atoms with Gasteiger partial charge >= 0.3 is 0 Å². The van der Waals surface area contributed by atoms with Crippen LogP contribution in [0.1, 0.15) is 21.6 Å². The fourth-order valence-corrected chi connectivity index (χ4v) is 4.71. The molecule has 186 valence electrons. The fourth-order valence-electron chi connectivity index (χ4n) is 4.71. The number of ketones is 1. The third-order valence-electron chi connectivity index (χ3n) is 6.65. The molecule has 1 aromatic carbocycles. The molecular formula is C25H24N10O2. The third kappa shape index (κ3) is 3.82. The number of fused-ring (bicyclic) bond motifs is 1. The monoisotopic (exact) mass is 496 g/mol. The SMILES string of the molecule is Cc1cnc(-n2nccc2C)c2[nH]cc(C(=O)C(=O)N3CCN(c4nnnn4-c4ccccc4)CC3)c12. The molecular weight excluding hydrogens is 472 g/mol. The number of rotatable bonds is 5. The second kappa shape index (κ2) is 8.97. The smallest absolute Gasteiger partial charge is 0.295 e. The van der Waals surface area contributed by atoms with Crippen molar-refractivity contribution in [3.63, 3.8) is 0 Å². The summed E-state index contributed by atoms with van der Waals surface area (Å²) < 4.78 is 3.38. The number of H-pyrrole nitrogens is 1. The molecule has 1 saturated heterocycles. The number of hydrogen-bond donors (Lipinski definition) is 1. The molecule has 0 spiro atoms. The number of Topliss-reactive ketones (excluding diaryl/α,β-unsaturated/α-hetero) is 1. The van der Waals surface area contributed by atoms with Crippen molar-refractivity contribution < 1.29 is 9.59 Å². The normalized spacial score (nSPS) is 13.9. The molecule has 1 aliphatic rings. The zero-order chi connectivity index (χ0) is 25.5. The summed E-state index contributed by atoms with van der Waals surface area (Å²) in [7, 11) is 0. The summed E-state index contributed by atoms with van der Waals surface area (Å²) in [5.74, 6) is 0.104. The Labute approximate surface area is 211 Å². The number of hydrogen-bond acceptors (Lipinski definition) is 8. The van der Waals surface area contributed by atoms with Crippen molar-refractivity contribution in [2.75, 3.05) is 31.1 Å². The van der Waals surface area contributed by atoms with Crippen LogP contribution in [0, 0.1) is 13.8 Å². The number of tetrazole rings is 1. The maximum Gasteiger partial charge on any atom is 0.295 e. The molecule has 1 fully saturated rings. The number of carbonyl (C=O) groups is 2. The maximum absolute atomic E-state index is 13.4. The summed E-state index contributed by atoms with van der Waals surface area (Å²) in [6.45, 7) is 5.58. The number of amides is 1. The Kier molecular flexibility index (Phi) is 5.48. The molecule has 0 aliphatic carbocycles. The van der Waals surface area contributed by atoms with Crippen LogP contribution >= 0.6 is 0 Å². The highest BCUT2D eigenvalue weighted by Crippen LogP contribution is 2.27. The molecule has 4 aromatic heterocycles. The van der Waals surface area contributed by atoms with Crippen LogP contribution in [0.4, 0.5) is 5.95 Å². The molecule has 1 amide bonds. The van der Waals surface area contributed by atoms with E-state index in [1.807, 2.05) is 55.1 Å². The molecule has 1 aliphatic heterocycles. The molecule has 5 heterocycles.